The molecule has 0 heterocycles. The Balaban J connectivity index is 2.04. The van der Waals surface area contributed by atoms with Gasteiger partial charge in [0.25, 0.3) is 5.91 Å². The van der Waals surface area contributed by atoms with Crippen LogP contribution in [0.4, 0.5) is 4.39 Å². The molecule has 0 aliphatic heterocycles. The number of rotatable bonds is 5. The molecule has 0 aliphatic carbocycles. The van der Waals surface area contributed by atoms with E-state index in [4.69, 9.17) is 0 Å². The maximum absolute atomic E-state index is 13.5. The van der Waals surface area contributed by atoms with E-state index in [0.717, 1.165) is 12.0 Å². The van der Waals surface area contributed by atoms with Crippen molar-refractivity contribution in [3.63, 3.8) is 0 Å². The van der Waals surface area contributed by atoms with Gasteiger partial charge in [0.1, 0.15) is 5.82 Å². The smallest absolute Gasteiger partial charge is 0.251 e. The van der Waals surface area contributed by atoms with Gasteiger partial charge in [-0.15, -0.1) is 0 Å². The second-order valence-electron chi connectivity index (χ2n) is 4.98. The highest BCUT2D eigenvalue weighted by Gasteiger charge is 2.14. The number of amides is 1. The molecule has 2 aromatic rings. The van der Waals surface area contributed by atoms with Crippen molar-refractivity contribution in [3.8, 4) is 0 Å². The number of carbonyl (C=O) groups excluding carboxylic acids is 1. The average Bonchev–Trinajstić information content (AvgIpc) is 2.50. The zero-order valence-electron chi connectivity index (χ0n) is 11.8. The largest absolute Gasteiger partial charge is 0.348 e. The van der Waals surface area contributed by atoms with E-state index in [1.165, 1.54) is 6.07 Å². The quantitative estimate of drug-likeness (QED) is 0.815. The molecule has 1 N–H and O–H groups in total. The Hall–Kier alpha value is -1.68. The average molecular weight is 350 g/mol. The minimum atomic E-state index is -0.360. The van der Waals surface area contributed by atoms with E-state index in [0.29, 0.717) is 16.5 Å². The second kappa shape index (κ2) is 7.36. The van der Waals surface area contributed by atoms with Gasteiger partial charge in [0.05, 0.1) is 0 Å². The lowest BCUT2D eigenvalue weighted by molar-refractivity contribution is 0.0940. The van der Waals surface area contributed by atoms with Crippen LogP contribution in [0.2, 0.25) is 0 Å². The molecule has 2 aromatic carbocycles. The number of halogens is 2. The third kappa shape index (κ3) is 4.39. The molecule has 2 nitrogen and oxygen atoms in total. The van der Waals surface area contributed by atoms with Crippen LogP contribution >= 0.6 is 15.9 Å². The molecular formula is C17H17BrFNO. The third-order valence-corrected chi connectivity index (χ3v) is 4.06. The van der Waals surface area contributed by atoms with E-state index in [1.54, 1.807) is 19.1 Å². The molecule has 21 heavy (non-hydrogen) atoms. The maximum Gasteiger partial charge on any atom is 0.251 e. The number of nitrogens with one attached hydrogen (secondary N) is 1. The van der Waals surface area contributed by atoms with Crippen LogP contribution in [0.3, 0.4) is 0 Å². The lowest BCUT2D eigenvalue weighted by atomic mass is 10.1. The van der Waals surface area contributed by atoms with E-state index < -0.39 is 0 Å². The summed E-state index contributed by atoms with van der Waals surface area (Å²) >= 11 is 3.41. The van der Waals surface area contributed by atoms with Crippen molar-refractivity contribution in [2.45, 2.75) is 19.4 Å². The van der Waals surface area contributed by atoms with Gasteiger partial charge in [0, 0.05) is 16.9 Å². The van der Waals surface area contributed by atoms with E-state index in [9.17, 15) is 9.18 Å². The Morgan fingerprint density at radius 3 is 2.57 bits per heavy atom. The fourth-order valence-electron chi connectivity index (χ4n) is 2.05. The van der Waals surface area contributed by atoms with Crippen LogP contribution in [0, 0.1) is 12.7 Å². The number of carbonyl (C=O) groups is 1. The molecular weight excluding hydrogens is 333 g/mol. The minimum absolute atomic E-state index is 0.0377. The van der Waals surface area contributed by atoms with Gasteiger partial charge in [0.15, 0.2) is 0 Å². The van der Waals surface area contributed by atoms with Gasteiger partial charge in [-0.3, -0.25) is 4.79 Å². The highest BCUT2D eigenvalue weighted by molar-refractivity contribution is 9.09. The summed E-state index contributed by atoms with van der Waals surface area (Å²) in [7, 11) is 0. The third-order valence-electron chi connectivity index (χ3n) is 3.28. The second-order valence-corrected chi connectivity index (χ2v) is 5.63. The molecule has 0 aromatic heterocycles. The van der Waals surface area contributed by atoms with Gasteiger partial charge in [0.2, 0.25) is 0 Å². The van der Waals surface area contributed by atoms with Crippen LogP contribution in [0.15, 0.2) is 48.5 Å². The minimum Gasteiger partial charge on any atom is -0.348 e. The van der Waals surface area contributed by atoms with E-state index in [2.05, 4.69) is 21.2 Å². The number of aryl methyl sites for hydroxylation is 1. The van der Waals surface area contributed by atoms with Crippen LogP contribution in [0.5, 0.6) is 0 Å². The SMILES string of the molecule is Cc1ccc(C(=O)NC(CBr)Cc2ccccc2)cc1F. The predicted molar refractivity (Wildman–Crippen MR) is 86.3 cm³/mol. The predicted octanol–water partition coefficient (Wildman–Crippen LogP) is 3.87. The van der Waals surface area contributed by atoms with Crippen molar-refractivity contribution < 1.29 is 9.18 Å². The molecule has 4 heteroatoms. The summed E-state index contributed by atoms with van der Waals surface area (Å²) in [6.07, 6.45) is 0.728. The zero-order valence-corrected chi connectivity index (χ0v) is 13.4. The van der Waals surface area contributed by atoms with Crippen molar-refractivity contribution in [3.05, 3.63) is 71.0 Å². The molecule has 0 spiro atoms. The molecule has 110 valence electrons. The first-order chi connectivity index (χ1) is 10.1. The number of hydrogen-bond acceptors (Lipinski definition) is 1. The molecule has 1 unspecified atom stereocenters. The Morgan fingerprint density at radius 2 is 1.95 bits per heavy atom. The van der Waals surface area contributed by atoms with Crippen molar-refractivity contribution in [1.29, 1.82) is 0 Å². The van der Waals surface area contributed by atoms with Crippen molar-refractivity contribution in [1.82, 2.24) is 5.32 Å². The zero-order chi connectivity index (χ0) is 15.2. The normalized spacial score (nSPS) is 12.0. The molecule has 0 fully saturated rings. The molecule has 0 bridgehead atoms. The number of alkyl halides is 1. The molecule has 0 saturated carbocycles. The van der Waals surface area contributed by atoms with Crippen LogP contribution < -0.4 is 5.32 Å². The first kappa shape index (κ1) is 15.7. The van der Waals surface area contributed by atoms with Crippen LogP contribution in [-0.4, -0.2) is 17.3 Å². The fourth-order valence-corrected chi connectivity index (χ4v) is 2.44. The summed E-state index contributed by atoms with van der Waals surface area (Å²) in [5, 5.41) is 3.57. The monoisotopic (exact) mass is 349 g/mol. The summed E-state index contributed by atoms with van der Waals surface area (Å²) < 4.78 is 13.5. The Kier molecular flexibility index (Phi) is 5.51. The standard InChI is InChI=1S/C17H17BrFNO/c1-12-7-8-14(10-16(12)19)17(21)20-15(11-18)9-13-5-3-2-4-6-13/h2-8,10,15H,9,11H2,1H3,(H,20,21). The van der Waals surface area contributed by atoms with E-state index in [1.807, 2.05) is 30.3 Å². The maximum atomic E-state index is 13.5. The van der Waals surface area contributed by atoms with Crippen LogP contribution in [0.1, 0.15) is 21.5 Å². The molecule has 0 radical (unpaired) electrons. The summed E-state index contributed by atoms with van der Waals surface area (Å²) in [4.78, 5) is 12.2. The Morgan fingerprint density at radius 1 is 1.24 bits per heavy atom. The molecule has 0 saturated heterocycles. The number of benzene rings is 2. The molecule has 0 aliphatic rings. The summed E-state index contributed by atoms with van der Waals surface area (Å²) in [6.45, 7) is 1.67. The summed E-state index contributed by atoms with van der Waals surface area (Å²) in [5.41, 5.74) is 2.03. The van der Waals surface area contributed by atoms with E-state index >= 15 is 0 Å². The molecule has 1 amide bonds. The first-order valence-corrected chi connectivity index (χ1v) is 7.89. The molecule has 2 rings (SSSR count). The van der Waals surface area contributed by atoms with Crippen LogP contribution in [0.25, 0.3) is 0 Å². The van der Waals surface area contributed by atoms with Gasteiger partial charge in [-0.25, -0.2) is 4.39 Å². The highest BCUT2D eigenvalue weighted by Crippen LogP contribution is 2.11. The lowest BCUT2D eigenvalue weighted by Gasteiger charge is -2.16. The lowest BCUT2D eigenvalue weighted by Crippen LogP contribution is -2.37. The first-order valence-electron chi connectivity index (χ1n) is 6.77. The fraction of sp³-hybridized carbons (Fsp3) is 0.235. The van der Waals surface area contributed by atoms with Gasteiger partial charge in [-0.2, -0.15) is 0 Å². The summed E-state index contributed by atoms with van der Waals surface area (Å²) in [5.74, 6) is -0.615. The van der Waals surface area contributed by atoms with Gasteiger partial charge >= 0.3 is 0 Å². The summed E-state index contributed by atoms with van der Waals surface area (Å²) in [6, 6.07) is 14.4. The Bertz CT molecular complexity index is 615. The number of hydrogen-bond donors (Lipinski definition) is 1. The Labute approximate surface area is 132 Å². The molecule has 1 atom stereocenters. The van der Waals surface area contributed by atoms with Gasteiger partial charge < -0.3 is 5.32 Å². The van der Waals surface area contributed by atoms with Crippen molar-refractivity contribution >= 4 is 21.8 Å². The van der Waals surface area contributed by atoms with Crippen LogP contribution in [-0.2, 0) is 6.42 Å². The van der Waals surface area contributed by atoms with Crippen molar-refractivity contribution in [2.75, 3.05) is 5.33 Å². The van der Waals surface area contributed by atoms with Crippen molar-refractivity contribution in [2.24, 2.45) is 0 Å². The topological polar surface area (TPSA) is 29.1 Å². The highest BCUT2D eigenvalue weighted by atomic mass is 79.9. The van der Waals surface area contributed by atoms with Gasteiger partial charge in [-0.1, -0.05) is 52.3 Å². The van der Waals surface area contributed by atoms with E-state index in [-0.39, 0.29) is 17.8 Å². The van der Waals surface area contributed by atoms with Gasteiger partial charge in [-0.05, 0) is 36.6 Å².